The van der Waals surface area contributed by atoms with Crippen LogP contribution in [0.25, 0.3) is 0 Å². The monoisotopic (exact) mass is 419 g/mol. The van der Waals surface area contributed by atoms with Crippen molar-refractivity contribution in [2.45, 2.75) is 44.3 Å². The van der Waals surface area contributed by atoms with E-state index in [2.05, 4.69) is 10.6 Å². The fourth-order valence-electron chi connectivity index (χ4n) is 3.24. The predicted octanol–water partition coefficient (Wildman–Crippen LogP) is -0.0371. The topological polar surface area (TPSA) is 142 Å². The van der Waals surface area contributed by atoms with Gasteiger partial charge in [-0.3, -0.25) is 19.2 Å². The van der Waals surface area contributed by atoms with Gasteiger partial charge >= 0.3 is 5.97 Å². The fraction of sp³-hybridized carbons (Fsp3) is 0.450. The summed E-state index contributed by atoms with van der Waals surface area (Å²) in [7, 11) is 1.51. The lowest BCUT2D eigenvalue weighted by Gasteiger charge is -2.27. The van der Waals surface area contributed by atoms with Gasteiger partial charge in [-0.05, 0) is 44.0 Å². The molecule has 1 aliphatic rings. The number of carboxylic acid groups (broad SMARTS) is 1. The van der Waals surface area contributed by atoms with Crippen LogP contribution in [0.3, 0.4) is 0 Å². The van der Waals surface area contributed by atoms with Gasteiger partial charge in [-0.2, -0.15) is 0 Å². The molecule has 2 rings (SSSR count). The Hall–Kier alpha value is -3.43. The van der Waals surface area contributed by atoms with Crippen molar-refractivity contribution in [3.05, 3.63) is 29.8 Å². The van der Waals surface area contributed by atoms with E-state index >= 15 is 0 Å². The predicted molar refractivity (Wildman–Crippen MR) is 105 cm³/mol. The second kappa shape index (κ2) is 10.4. The van der Waals surface area contributed by atoms with E-state index in [1.165, 1.54) is 18.9 Å². The lowest BCUT2D eigenvalue weighted by Crippen LogP contribution is -2.54. The normalized spacial score (nSPS) is 17.5. The summed E-state index contributed by atoms with van der Waals surface area (Å²) in [4.78, 5) is 60.8. The van der Waals surface area contributed by atoms with Crippen molar-refractivity contribution in [2.24, 2.45) is 0 Å². The fourth-order valence-corrected chi connectivity index (χ4v) is 3.24. The molecule has 1 aromatic rings. The van der Waals surface area contributed by atoms with Gasteiger partial charge in [-0.15, -0.1) is 0 Å². The maximum atomic E-state index is 12.8. The molecule has 1 aromatic carbocycles. The van der Waals surface area contributed by atoms with Crippen LogP contribution < -0.4 is 15.4 Å². The summed E-state index contributed by atoms with van der Waals surface area (Å²) in [6, 6.07) is 3.52. The Bertz CT molecular complexity index is 809. The number of carboxylic acids is 1. The molecule has 1 aliphatic heterocycles. The van der Waals surface area contributed by atoms with E-state index < -0.39 is 48.2 Å². The van der Waals surface area contributed by atoms with Crippen LogP contribution >= 0.6 is 0 Å². The van der Waals surface area contributed by atoms with Gasteiger partial charge in [0.05, 0.1) is 19.6 Å². The number of methoxy groups -OCH3 is 1. The van der Waals surface area contributed by atoms with E-state index in [9.17, 15) is 24.0 Å². The number of hydrogen-bond donors (Lipinski definition) is 3. The quantitative estimate of drug-likeness (QED) is 0.477. The molecule has 1 saturated heterocycles. The van der Waals surface area contributed by atoms with E-state index in [1.54, 1.807) is 24.3 Å². The van der Waals surface area contributed by atoms with Crippen LogP contribution in [0, 0.1) is 0 Å². The molecule has 3 atom stereocenters. The number of amides is 3. The van der Waals surface area contributed by atoms with Crippen molar-refractivity contribution in [3.63, 3.8) is 0 Å². The SMILES string of the molecule is COc1ccc(C(=O)N[C@@H](C)C(=O)N2CCC[C@H]2C(=O)N[C@H](C=O)CC(=O)O)cc1. The molecule has 1 fully saturated rings. The molecule has 0 aromatic heterocycles. The lowest BCUT2D eigenvalue weighted by atomic mass is 10.1. The summed E-state index contributed by atoms with van der Waals surface area (Å²) in [5.74, 6) is -2.09. The number of aldehydes is 1. The average molecular weight is 419 g/mol. The molecule has 162 valence electrons. The van der Waals surface area contributed by atoms with Crippen molar-refractivity contribution in [3.8, 4) is 5.75 Å². The van der Waals surface area contributed by atoms with Crippen molar-refractivity contribution in [1.82, 2.24) is 15.5 Å². The largest absolute Gasteiger partial charge is 0.497 e. The molecule has 0 aliphatic carbocycles. The molecule has 30 heavy (non-hydrogen) atoms. The third-order valence-electron chi connectivity index (χ3n) is 4.80. The summed E-state index contributed by atoms with van der Waals surface area (Å²) in [5, 5.41) is 13.8. The standard InChI is InChI=1S/C20H25N3O7/c1-12(21-18(27)13-5-7-15(30-2)8-6-13)20(29)23-9-3-4-16(23)19(28)22-14(11-24)10-17(25)26/h5-8,11-12,14,16H,3-4,9-10H2,1-2H3,(H,21,27)(H,22,28)(H,25,26)/t12-,14-,16-/m0/s1. The first-order chi connectivity index (χ1) is 14.3. The lowest BCUT2D eigenvalue weighted by molar-refractivity contribution is -0.141. The molecule has 10 nitrogen and oxygen atoms in total. The van der Waals surface area contributed by atoms with Crippen LogP contribution in [0.5, 0.6) is 5.75 Å². The number of hydrogen-bond acceptors (Lipinski definition) is 6. The molecule has 0 unspecified atom stereocenters. The molecule has 10 heteroatoms. The van der Waals surface area contributed by atoms with E-state index in [-0.39, 0.29) is 0 Å². The Morgan fingerprint density at radius 3 is 2.47 bits per heavy atom. The number of carbonyl (C=O) groups excluding carboxylic acids is 4. The van der Waals surface area contributed by atoms with Gasteiger partial charge in [0.2, 0.25) is 11.8 Å². The van der Waals surface area contributed by atoms with Gasteiger partial charge in [-0.1, -0.05) is 0 Å². The average Bonchev–Trinajstić information content (AvgIpc) is 3.22. The number of aliphatic carboxylic acids is 1. The van der Waals surface area contributed by atoms with Crippen LogP contribution in [0.4, 0.5) is 0 Å². The van der Waals surface area contributed by atoms with E-state index in [4.69, 9.17) is 9.84 Å². The second-order valence-electron chi connectivity index (χ2n) is 6.96. The van der Waals surface area contributed by atoms with E-state index in [1.807, 2.05) is 0 Å². The zero-order valence-corrected chi connectivity index (χ0v) is 16.8. The minimum atomic E-state index is -1.22. The van der Waals surface area contributed by atoms with Crippen molar-refractivity contribution in [1.29, 1.82) is 0 Å². The number of likely N-dealkylation sites (tertiary alicyclic amines) is 1. The summed E-state index contributed by atoms with van der Waals surface area (Å²) in [6.45, 7) is 1.85. The number of ether oxygens (including phenoxy) is 1. The minimum Gasteiger partial charge on any atom is -0.497 e. The van der Waals surface area contributed by atoms with Gasteiger partial charge in [0.15, 0.2) is 0 Å². The highest BCUT2D eigenvalue weighted by molar-refractivity contribution is 5.98. The summed E-state index contributed by atoms with van der Waals surface area (Å²) in [6.07, 6.45) is 0.776. The number of nitrogens with zero attached hydrogens (tertiary/aromatic N) is 1. The summed E-state index contributed by atoms with van der Waals surface area (Å²) >= 11 is 0. The highest BCUT2D eigenvalue weighted by Gasteiger charge is 2.37. The third-order valence-corrected chi connectivity index (χ3v) is 4.80. The van der Waals surface area contributed by atoms with Crippen LogP contribution in [-0.2, 0) is 19.2 Å². The molecular formula is C20H25N3O7. The van der Waals surface area contributed by atoms with Gasteiger partial charge in [-0.25, -0.2) is 0 Å². The Labute approximate surface area is 173 Å². The summed E-state index contributed by atoms with van der Waals surface area (Å²) in [5.41, 5.74) is 0.355. The molecule has 0 saturated carbocycles. The molecule has 0 bridgehead atoms. The zero-order chi connectivity index (χ0) is 22.3. The molecule has 3 N–H and O–H groups in total. The van der Waals surface area contributed by atoms with Gasteiger partial charge < -0.3 is 30.2 Å². The van der Waals surface area contributed by atoms with Crippen molar-refractivity contribution >= 4 is 30.0 Å². The number of benzene rings is 1. The highest BCUT2D eigenvalue weighted by Crippen LogP contribution is 2.19. The second-order valence-corrected chi connectivity index (χ2v) is 6.96. The van der Waals surface area contributed by atoms with Crippen LogP contribution in [0.1, 0.15) is 36.5 Å². The molecule has 0 spiro atoms. The Kier molecular flexibility index (Phi) is 7.90. The van der Waals surface area contributed by atoms with Crippen LogP contribution in [-0.4, -0.2) is 71.8 Å². The van der Waals surface area contributed by atoms with Crippen LogP contribution in [0.2, 0.25) is 0 Å². The van der Waals surface area contributed by atoms with Crippen LogP contribution in [0.15, 0.2) is 24.3 Å². The number of nitrogens with one attached hydrogen (secondary N) is 2. The van der Waals surface area contributed by atoms with Gasteiger partial charge in [0, 0.05) is 12.1 Å². The zero-order valence-electron chi connectivity index (χ0n) is 16.8. The van der Waals surface area contributed by atoms with Gasteiger partial charge in [0.25, 0.3) is 5.91 Å². The Balaban J connectivity index is 1.99. The Morgan fingerprint density at radius 2 is 1.90 bits per heavy atom. The maximum absolute atomic E-state index is 12.8. The molecule has 3 amide bonds. The van der Waals surface area contributed by atoms with E-state index in [0.717, 1.165) is 0 Å². The van der Waals surface area contributed by atoms with Crippen molar-refractivity contribution in [2.75, 3.05) is 13.7 Å². The van der Waals surface area contributed by atoms with E-state index in [0.29, 0.717) is 37.0 Å². The molecular weight excluding hydrogens is 394 g/mol. The molecule has 0 radical (unpaired) electrons. The maximum Gasteiger partial charge on any atom is 0.305 e. The minimum absolute atomic E-state index is 0.324. The number of rotatable bonds is 9. The van der Waals surface area contributed by atoms with Gasteiger partial charge in [0.1, 0.15) is 24.1 Å². The number of carbonyl (C=O) groups is 5. The Morgan fingerprint density at radius 1 is 1.23 bits per heavy atom. The molecule has 1 heterocycles. The first kappa shape index (κ1) is 22.9. The first-order valence-electron chi connectivity index (χ1n) is 9.49. The highest BCUT2D eigenvalue weighted by atomic mass is 16.5. The van der Waals surface area contributed by atoms with Crippen molar-refractivity contribution < 1.29 is 33.8 Å². The first-order valence-corrected chi connectivity index (χ1v) is 9.49. The third kappa shape index (κ3) is 5.79. The smallest absolute Gasteiger partial charge is 0.305 e. The summed E-state index contributed by atoms with van der Waals surface area (Å²) < 4.78 is 5.04.